The van der Waals surface area contributed by atoms with Gasteiger partial charge in [-0.15, -0.1) is 0 Å². The lowest BCUT2D eigenvalue weighted by atomic mass is 9.89. The number of rotatable bonds is 5. The van der Waals surface area contributed by atoms with Crippen molar-refractivity contribution < 1.29 is 13.5 Å². The Morgan fingerprint density at radius 2 is 2.15 bits per heavy atom. The van der Waals surface area contributed by atoms with Gasteiger partial charge in [0.05, 0.1) is 6.10 Å². The van der Waals surface area contributed by atoms with E-state index in [1.807, 2.05) is 0 Å². The smallest absolute Gasteiger partial charge is 0.131 e. The molecule has 1 aromatic rings. The number of hydrogen-bond donors (Lipinski definition) is 1. The summed E-state index contributed by atoms with van der Waals surface area (Å²) >= 11 is 0. The van der Waals surface area contributed by atoms with Crippen molar-refractivity contribution in [1.82, 2.24) is 5.32 Å². The Balaban J connectivity index is 2.06. The van der Waals surface area contributed by atoms with E-state index >= 15 is 0 Å². The van der Waals surface area contributed by atoms with Crippen molar-refractivity contribution in [3.8, 4) is 0 Å². The summed E-state index contributed by atoms with van der Waals surface area (Å²) in [6.07, 6.45) is 1.73. The second kappa shape index (κ2) is 7.14. The summed E-state index contributed by atoms with van der Waals surface area (Å²) in [5, 5.41) is 3.41. The molecule has 0 radical (unpaired) electrons. The van der Waals surface area contributed by atoms with Crippen molar-refractivity contribution in [1.29, 1.82) is 0 Å². The maximum atomic E-state index is 13.9. The molecule has 112 valence electrons. The van der Waals surface area contributed by atoms with E-state index in [-0.39, 0.29) is 12.0 Å². The molecule has 1 N–H and O–H groups in total. The summed E-state index contributed by atoms with van der Waals surface area (Å²) in [4.78, 5) is 0. The summed E-state index contributed by atoms with van der Waals surface area (Å²) in [5.74, 6) is -0.231. The molecule has 2 rings (SSSR count). The minimum Gasteiger partial charge on any atom is -0.373 e. The first-order chi connectivity index (χ1) is 9.58. The molecule has 0 aromatic heterocycles. The summed E-state index contributed by atoms with van der Waals surface area (Å²) in [6.45, 7) is 6.69. The van der Waals surface area contributed by atoms with Crippen LogP contribution in [-0.2, 0) is 4.74 Å². The van der Waals surface area contributed by atoms with E-state index in [0.29, 0.717) is 18.1 Å². The van der Waals surface area contributed by atoms with E-state index in [1.165, 1.54) is 12.1 Å². The lowest BCUT2D eigenvalue weighted by Gasteiger charge is -2.32. The van der Waals surface area contributed by atoms with Crippen molar-refractivity contribution in [3.63, 3.8) is 0 Å². The first-order valence-corrected chi connectivity index (χ1v) is 7.35. The minimum atomic E-state index is -0.545. The van der Waals surface area contributed by atoms with Gasteiger partial charge in [-0.3, -0.25) is 0 Å². The molecule has 1 fully saturated rings. The predicted octanol–water partition coefficient (Wildman–Crippen LogP) is 3.68. The van der Waals surface area contributed by atoms with E-state index in [9.17, 15) is 8.78 Å². The van der Waals surface area contributed by atoms with Crippen LogP contribution in [0.1, 0.15) is 38.4 Å². The maximum Gasteiger partial charge on any atom is 0.131 e. The zero-order valence-corrected chi connectivity index (χ0v) is 12.2. The molecule has 1 saturated heterocycles. The average Bonchev–Trinajstić information content (AvgIpc) is 2.39. The third-order valence-corrected chi connectivity index (χ3v) is 3.67. The second-order valence-electron chi connectivity index (χ2n) is 5.91. The van der Waals surface area contributed by atoms with Gasteiger partial charge in [0.25, 0.3) is 0 Å². The van der Waals surface area contributed by atoms with Crippen LogP contribution in [0.4, 0.5) is 8.78 Å². The van der Waals surface area contributed by atoms with Gasteiger partial charge in [0.1, 0.15) is 11.6 Å². The Kier molecular flexibility index (Phi) is 5.49. The topological polar surface area (TPSA) is 21.3 Å². The molecular formula is C16H23F2NO. The number of ether oxygens (including phenoxy) is 1. The Labute approximate surface area is 119 Å². The van der Waals surface area contributed by atoms with Crippen LogP contribution in [0.5, 0.6) is 0 Å². The summed E-state index contributed by atoms with van der Waals surface area (Å²) in [5.41, 5.74) is 0.474. The monoisotopic (exact) mass is 283 g/mol. The van der Waals surface area contributed by atoms with Crippen LogP contribution in [-0.4, -0.2) is 19.7 Å². The van der Waals surface area contributed by atoms with E-state index in [1.54, 1.807) is 0 Å². The SMILES string of the molecule is CC(C)CNCC1CCCOC1c1ccc(F)cc1F. The van der Waals surface area contributed by atoms with Crippen LogP contribution in [0.15, 0.2) is 18.2 Å². The van der Waals surface area contributed by atoms with E-state index < -0.39 is 11.6 Å². The fraction of sp³-hybridized carbons (Fsp3) is 0.625. The van der Waals surface area contributed by atoms with Crippen molar-refractivity contribution >= 4 is 0 Å². The Bertz CT molecular complexity index is 436. The molecular weight excluding hydrogens is 260 g/mol. The first-order valence-electron chi connectivity index (χ1n) is 7.35. The van der Waals surface area contributed by atoms with E-state index in [0.717, 1.165) is 32.0 Å². The molecule has 4 heteroatoms. The highest BCUT2D eigenvalue weighted by atomic mass is 19.1. The number of nitrogens with one attached hydrogen (secondary N) is 1. The lowest BCUT2D eigenvalue weighted by Crippen LogP contribution is -2.33. The molecule has 0 amide bonds. The van der Waals surface area contributed by atoms with Gasteiger partial charge in [-0.05, 0) is 31.4 Å². The third kappa shape index (κ3) is 4.00. The van der Waals surface area contributed by atoms with Gasteiger partial charge in [0.2, 0.25) is 0 Å². The van der Waals surface area contributed by atoms with Crippen LogP contribution in [0.2, 0.25) is 0 Å². The van der Waals surface area contributed by atoms with Gasteiger partial charge in [-0.1, -0.05) is 19.9 Å². The number of hydrogen-bond acceptors (Lipinski definition) is 2. The zero-order chi connectivity index (χ0) is 14.5. The van der Waals surface area contributed by atoms with E-state index in [2.05, 4.69) is 19.2 Å². The fourth-order valence-electron chi connectivity index (χ4n) is 2.69. The highest BCUT2D eigenvalue weighted by Gasteiger charge is 2.29. The molecule has 1 heterocycles. The fourth-order valence-corrected chi connectivity index (χ4v) is 2.69. The van der Waals surface area contributed by atoms with Gasteiger partial charge >= 0.3 is 0 Å². The zero-order valence-electron chi connectivity index (χ0n) is 12.2. The summed E-state index contributed by atoms with van der Waals surface area (Å²) in [6, 6.07) is 3.75. The molecule has 2 unspecified atom stereocenters. The van der Waals surface area contributed by atoms with Crippen LogP contribution in [0.3, 0.4) is 0 Å². The van der Waals surface area contributed by atoms with Gasteiger partial charge in [0.15, 0.2) is 0 Å². The summed E-state index contributed by atoms with van der Waals surface area (Å²) < 4.78 is 32.7. The standard InChI is InChI=1S/C16H23F2NO/c1-11(2)9-19-10-12-4-3-7-20-16(12)14-6-5-13(17)8-15(14)18/h5-6,8,11-12,16,19H,3-4,7,9-10H2,1-2H3. The molecule has 1 aliphatic heterocycles. The minimum absolute atomic E-state index is 0.238. The quantitative estimate of drug-likeness (QED) is 0.890. The highest BCUT2D eigenvalue weighted by Crippen LogP contribution is 2.34. The third-order valence-electron chi connectivity index (χ3n) is 3.67. The highest BCUT2D eigenvalue weighted by molar-refractivity contribution is 5.22. The number of benzene rings is 1. The van der Waals surface area contributed by atoms with Crippen molar-refractivity contribution in [2.24, 2.45) is 11.8 Å². The van der Waals surface area contributed by atoms with Crippen molar-refractivity contribution in [2.75, 3.05) is 19.7 Å². The predicted molar refractivity (Wildman–Crippen MR) is 75.5 cm³/mol. The van der Waals surface area contributed by atoms with Gasteiger partial charge in [0, 0.05) is 30.7 Å². The first kappa shape index (κ1) is 15.4. The molecule has 20 heavy (non-hydrogen) atoms. The Hall–Kier alpha value is -1.00. The van der Waals surface area contributed by atoms with Crippen molar-refractivity contribution in [2.45, 2.75) is 32.8 Å². The lowest BCUT2D eigenvalue weighted by molar-refractivity contribution is -0.0298. The van der Waals surface area contributed by atoms with E-state index in [4.69, 9.17) is 4.74 Å². The molecule has 2 nitrogen and oxygen atoms in total. The Morgan fingerprint density at radius 3 is 2.85 bits per heavy atom. The number of halogens is 2. The van der Waals surface area contributed by atoms with Crippen LogP contribution < -0.4 is 5.32 Å². The molecule has 0 saturated carbocycles. The summed E-state index contributed by atoms with van der Waals surface area (Å²) in [7, 11) is 0. The molecule has 1 aromatic carbocycles. The maximum absolute atomic E-state index is 13.9. The largest absolute Gasteiger partial charge is 0.373 e. The van der Waals surface area contributed by atoms with Gasteiger partial charge in [-0.2, -0.15) is 0 Å². The molecule has 0 spiro atoms. The molecule has 0 aliphatic carbocycles. The van der Waals surface area contributed by atoms with Gasteiger partial charge in [-0.25, -0.2) is 8.78 Å². The van der Waals surface area contributed by atoms with Crippen LogP contribution >= 0.6 is 0 Å². The van der Waals surface area contributed by atoms with Crippen molar-refractivity contribution in [3.05, 3.63) is 35.4 Å². The second-order valence-corrected chi connectivity index (χ2v) is 5.91. The molecule has 2 atom stereocenters. The Morgan fingerprint density at radius 1 is 1.35 bits per heavy atom. The van der Waals surface area contributed by atoms with Gasteiger partial charge < -0.3 is 10.1 Å². The van der Waals surface area contributed by atoms with Crippen LogP contribution in [0.25, 0.3) is 0 Å². The van der Waals surface area contributed by atoms with Crippen LogP contribution in [0, 0.1) is 23.5 Å². The molecule has 1 aliphatic rings. The normalized spacial score (nSPS) is 23.2. The average molecular weight is 283 g/mol. The molecule has 0 bridgehead atoms.